The zero-order valence-electron chi connectivity index (χ0n) is 18.1. The number of amides is 2. The van der Waals surface area contributed by atoms with Gasteiger partial charge in [0.05, 0.1) is 13.2 Å². The van der Waals surface area contributed by atoms with Gasteiger partial charge in [-0.15, -0.1) is 0 Å². The van der Waals surface area contributed by atoms with Gasteiger partial charge in [-0.05, 0) is 57.5 Å². The van der Waals surface area contributed by atoms with Gasteiger partial charge in [-0.1, -0.05) is 18.2 Å². The number of rotatable bonds is 9. The van der Waals surface area contributed by atoms with E-state index in [1.807, 2.05) is 50.5 Å². The molecule has 1 unspecified atom stereocenters. The summed E-state index contributed by atoms with van der Waals surface area (Å²) in [5, 5.41) is 5.87. The second kappa shape index (κ2) is 10.8. The summed E-state index contributed by atoms with van der Waals surface area (Å²) >= 11 is 0. The van der Waals surface area contributed by atoms with Gasteiger partial charge in [-0.3, -0.25) is 0 Å². The largest absolute Gasteiger partial charge is 0.496 e. The predicted octanol–water partition coefficient (Wildman–Crippen LogP) is 3.51. The number of pyridine rings is 1. The van der Waals surface area contributed by atoms with Crippen LogP contribution in [0.1, 0.15) is 42.9 Å². The minimum atomic E-state index is -0.216. The van der Waals surface area contributed by atoms with Crippen molar-refractivity contribution < 1.29 is 14.3 Å². The zero-order chi connectivity index (χ0) is 21.3. The third-order valence-corrected chi connectivity index (χ3v) is 5.42. The maximum Gasteiger partial charge on any atom is 0.315 e. The van der Waals surface area contributed by atoms with Crippen molar-refractivity contribution >= 4 is 6.03 Å². The SMILES string of the molecule is COc1ccccc1C(CNC(=O)NCc1ccnc(OC2CCCC2)c1)N(C)C. The van der Waals surface area contributed by atoms with Crippen molar-refractivity contribution in [2.75, 3.05) is 27.7 Å². The van der Waals surface area contributed by atoms with Crippen LogP contribution in [0.15, 0.2) is 42.6 Å². The molecule has 1 fully saturated rings. The number of nitrogens with one attached hydrogen (secondary N) is 2. The van der Waals surface area contributed by atoms with Crippen molar-refractivity contribution in [3.8, 4) is 11.6 Å². The monoisotopic (exact) mass is 412 g/mol. The van der Waals surface area contributed by atoms with Gasteiger partial charge < -0.3 is 25.0 Å². The number of carbonyl (C=O) groups is 1. The lowest BCUT2D eigenvalue weighted by atomic mass is 10.0. The van der Waals surface area contributed by atoms with Crippen LogP contribution in [0.4, 0.5) is 4.79 Å². The molecule has 7 heteroatoms. The Hall–Kier alpha value is -2.80. The quantitative estimate of drug-likeness (QED) is 0.659. The van der Waals surface area contributed by atoms with E-state index in [0.29, 0.717) is 19.0 Å². The number of carbonyl (C=O) groups excluding carboxylic acids is 1. The van der Waals surface area contributed by atoms with Crippen LogP contribution in [-0.4, -0.2) is 49.8 Å². The van der Waals surface area contributed by atoms with E-state index >= 15 is 0 Å². The highest BCUT2D eigenvalue weighted by atomic mass is 16.5. The number of ether oxygens (including phenoxy) is 2. The summed E-state index contributed by atoms with van der Waals surface area (Å²) in [4.78, 5) is 18.7. The van der Waals surface area contributed by atoms with Crippen molar-refractivity contribution in [2.24, 2.45) is 0 Å². The van der Waals surface area contributed by atoms with Gasteiger partial charge in [0.15, 0.2) is 0 Å². The molecule has 1 aliphatic rings. The molecule has 1 aromatic carbocycles. The Kier molecular flexibility index (Phi) is 7.90. The lowest BCUT2D eigenvalue weighted by Gasteiger charge is -2.26. The highest BCUT2D eigenvalue weighted by Gasteiger charge is 2.19. The van der Waals surface area contributed by atoms with Crippen LogP contribution in [0, 0.1) is 0 Å². The van der Waals surface area contributed by atoms with Crippen LogP contribution in [0.3, 0.4) is 0 Å². The number of aromatic nitrogens is 1. The molecule has 0 radical (unpaired) electrons. The van der Waals surface area contributed by atoms with E-state index in [1.54, 1.807) is 13.3 Å². The normalized spacial score (nSPS) is 15.1. The molecule has 1 heterocycles. The number of hydrogen-bond acceptors (Lipinski definition) is 5. The minimum Gasteiger partial charge on any atom is -0.496 e. The van der Waals surface area contributed by atoms with Crippen LogP contribution < -0.4 is 20.1 Å². The Morgan fingerprint density at radius 2 is 1.97 bits per heavy atom. The van der Waals surface area contributed by atoms with Gasteiger partial charge >= 0.3 is 6.03 Å². The van der Waals surface area contributed by atoms with Crippen molar-refractivity contribution in [1.82, 2.24) is 20.5 Å². The Bertz CT molecular complexity index is 822. The Labute approximate surface area is 178 Å². The highest BCUT2D eigenvalue weighted by molar-refractivity contribution is 5.73. The fourth-order valence-corrected chi connectivity index (χ4v) is 3.75. The van der Waals surface area contributed by atoms with Gasteiger partial charge in [0.2, 0.25) is 5.88 Å². The van der Waals surface area contributed by atoms with E-state index in [1.165, 1.54) is 12.8 Å². The molecular formula is C23H32N4O3. The Morgan fingerprint density at radius 3 is 2.70 bits per heavy atom. The van der Waals surface area contributed by atoms with Crippen LogP contribution in [0.25, 0.3) is 0 Å². The minimum absolute atomic E-state index is 0.000704. The molecule has 1 aliphatic carbocycles. The first-order chi connectivity index (χ1) is 14.6. The van der Waals surface area contributed by atoms with Crippen molar-refractivity contribution in [2.45, 2.75) is 44.4 Å². The average molecular weight is 413 g/mol. The maximum atomic E-state index is 12.4. The van der Waals surface area contributed by atoms with Crippen molar-refractivity contribution in [3.05, 3.63) is 53.7 Å². The first-order valence-electron chi connectivity index (χ1n) is 10.5. The highest BCUT2D eigenvalue weighted by Crippen LogP contribution is 2.27. The van der Waals surface area contributed by atoms with Gasteiger partial charge in [-0.2, -0.15) is 0 Å². The summed E-state index contributed by atoms with van der Waals surface area (Å²) in [7, 11) is 5.63. The molecule has 1 aromatic heterocycles. The zero-order valence-corrected chi connectivity index (χ0v) is 18.1. The predicted molar refractivity (Wildman–Crippen MR) is 117 cm³/mol. The van der Waals surface area contributed by atoms with Crippen LogP contribution in [0.2, 0.25) is 0 Å². The Balaban J connectivity index is 1.51. The fourth-order valence-electron chi connectivity index (χ4n) is 3.75. The number of para-hydroxylation sites is 1. The lowest BCUT2D eigenvalue weighted by molar-refractivity contribution is 0.201. The molecule has 1 atom stereocenters. The van der Waals surface area contributed by atoms with Gasteiger partial charge in [0.1, 0.15) is 11.9 Å². The number of methoxy groups -OCH3 is 1. The summed E-state index contributed by atoms with van der Waals surface area (Å²) in [6.45, 7) is 0.877. The number of benzene rings is 1. The molecule has 7 nitrogen and oxygen atoms in total. The molecule has 3 rings (SSSR count). The summed E-state index contributed by atoms with van der Waals surface area (Å²) in [5.41, 5.74) is 2.00. The van der Waals surface area contributed by atoms with Crippen LogP contribution in [-0.2, 0) is 6.54 Å². The molecule has 0 aliphatic heterocycles. The molecule has 2 amide bonds. The molecule has 0 spiro atoms. The molecule has 1 saturated carbocycles. The van der Waals surface area contributed by atoms with E-state index in [-0.39, 0.29) is 18.2 Å². The van der Waals surface area contributed by atoms with Gasteiger partial charge in [0.25, 0.3) is 0 Å². The van der Waals surface area contributed by atoms with E-state index in [9.17, 15) is 4.79 Å². The van der Waals surface area contributed by atoms with E-state index in [0.717, 1.165) is 29.7 Å². The smallest absolute Gasteiger partial charge is 0.315 e. The first kappa shape index (κ1) is 21.9. The number of likely N-dealkylation sites (N-methyl/N-ethyl adjacent to an activating group) is 1. The number of hydrogen-bond donors (Lipinski definition) is 2. The van der Waals surface area contributed by atoms with E-state index in [4.69, 9.17) is 9.47 Å². The second-order valence-corrected chi connectivity index (χ2v) is 7.81. The molecule has 162 valence electrons. The maximum absolute atomic E-state index is 12.4. The molecular weight excluding hydrogens is 380 g/mol. The summed E-state index contributed by atoms with van der Waals surface area (Å²) in [6, 6.07) is 11.4. The van der Waals surface area contributed by atoms with Crippen LogP contribution in [0.5, 0.6) is 11.6 Å². The topological polar surface area (TPSA) is 75.7 Å². The Morgan fingerprint density at radius 1 is 1.20 bits per heavy atom. The summed E-state index contributed by atoms with van der Waals surface area (Å²) < 4.78 is 11.4. The lowest BCUT2D eigenvalue weighted by Crippen LogP contribution is -2.40. The number of nitrogens with zero attached hydrogens (tertiary/aromatic N) is 2. The molecule has 2 N–H and O–H groups in total. The molecule has 0 bridgehead atoms. The molecule has 2 aromatic rings. The molecule has 0 saturated heterocycles. The van der Waals surface area contributed by atoms with Crippen LogP contribution >= 0.6 is 0 Å². The van der Waals surface area contributed by atoms with Crippen molar-refractivity contribution in [1.29, 1.82) is 0 Å². The fraction of sp³-hybridized carbons (Fsp3) is 0.478. The standard InChI is InChI=1S/C23H32N4O3/c1-27(2)20(19-10-6-7-11-21(19)29-3)16-26-23(28)25-15-17-12-13-24-22(14-17)30-18-8-4-5-9-18/h6-7,10-14,18,20H,4-5,8-9,15-16H2,1-3H3,(H2,25,26,28). The van der Waals surface area contributed by atoms with E-state index < -0.39 is 0 Å². The summed E-state index contributed by atoms with van der Waals surface area (Å²) in [6.07, 6.45) is 6.60. The molecule has 30 heavy (non-hydrogen) atoms. The van der Waals surface area contributed by atoms with E-state index in [2.05, 4.69) is 20.5 Å². The number of urea groups is 1. The second-order valence-electron chi connectivity index (χ2n) is 7.81. The third-order valence-electron chi connectivity index (χ3n) is 5.42. The third kappa shape index (κ3) is 6.10. The summed E-state index contributed by atoms with van der Waals surface area (Å²) in [5.74, 6) is 1.44. The van der Waals surface area contributed by atoms with Gasteiger partial charge in [0, 0.05) is 30.9 Å². The van der Waals surface area contributed by atoms with Gasteiger partial charge in [-0.25, -0.2) is 9.78 Å². The average Bonchev–Trinajstić information content (AvgIpc) is 3.26. The first-order valence-corrected chi connectivity index (χ1v) is 10.5. The van der Waals surface area contributed by atoms with Crippen molar-refractivity contribution in [3.63, 3.8) is 0 Å².